The molecule has 0 aromatic carbocycles. The van der Waals surface area contributed by atoms with Gasteiger partial charge in [-0.3, -0.25) is 0 Å². The standard InChI is InChI=1S/C12H20S4/c1-8-6-13-12-4-3-10(15-8)5-11(12)16-9(2)7-14-12/h8-11H,3-7H2,1-2H3. The normalized spacial score (nSPS) is 52.9. The van der Waals surface area contributed by atoms with Crippen molar-refractivity contribution in [2.75, 3.05) is 11.5 Å². The quantitative estimate of drug-likeness (QED) is 0.651. The van der Waals surface area contributed by atoms with Crippen LogP contribution in [0.2, 0.25) is 0 Å². The Balaban J connectivity index is 1.82. The summed E-state index contributed by atoms with van der Waals surface area (Å²) in [5.74, 6) is 2.75. The summed E-state index contributed by atoms with van der Waals surface area (Å²) < 4.78 is 0.600. The van der Waals surface area contributed by atoms with E-state index in [-0.39, 0.29) is 0 Å². The van der Waals surface area contributed by atoms with Crippen LogP contribution in [0.25, 0.3) is 0 Å². The van der Waals surface area contributed by atoms with E-state index in [1.165, 1.54) is 30.8 Å². The van der Waals surface area contributed by atoms with Crippen molar-refractivity contribution in [2.45, 2.75) is 58.2 Å². The first kappa shape index (κ1) is 12.4. The van der Waals surface area contributed by atoms with Crippen LogP contribution in [-0.4, -0.2) is 36.6 Å². The predicted molar refractivity (Wildman–Crippen MR) is 83.2 cm³/mol. The van der Waals surface area contributed by atoms with Gasteiger partial charge in [0.2, 0.25) is 0 Å². The van der Waals surface area contributed by atoms with E-state index in [0.717, 1.165) is 21.0 Å². The molecule has 16 heavy (non-hydrogen) atoms. The average molecular weight is 293 g/mol. The predicted octanol–water partition coefficient (Wildman–Crippen LogP) is 4.34. The molecule has 0 nitrogen and oxygen atoms in total. The Bertz CT molecular complexity index is 266. The second-order valence-electron chi connectivity index (χ2n) is 5.21. The van der Waals surface area contributed by atoms with Crippen LogP contribution in [0.5, 0.6) is 0 Å². The first-order valence-electron chi connectivity index (χ1n) is 6.27. The minimum atomic E-state index is 0.600. The topological polar surface area (TPSA) is 0 Å². The molecular weight excluding hydrogens is 272 g/mol. The van der Waals surface area contributed by atoms with Crippen LogP contribution in [0.1, 0.15) is 33.1 Å². The summed E-state index contributed by atoms with van der Waals surface area (Å²) in [6.07, 6.45) is 4.42. The molecule has 3 saturated heterocycles. The van der Waals surface area contributed by atoms with Crippen LogP contribution in [0.3, 0.4) is 0 Å². The maximum Gasteiger partial charge on any atom is 0.0730 e. The Hall–Kier alpha value is 1.40. The molecule has 3 heterocycles. The van der Waals surface area contributed by atoms with Crippen molar-refractivity contribution in [1.29, 1.82) is 0 Å². The molecule has 0 aromatic heterocycles. The minimum Gasteiger partial charge on any atom is -0.155 e. The molecule has 0 radical (unpaired) electrons. The van der Waals surface area contributed by atoms with Crippen LogP contribution in [0, 0.1) is 0 Å². The first-order valence-corrected chi connectivity index (χ1v) is 10.1. The maximum absolute atomic E-state index is 2.42. The van der Waals surface area contributed by atoms with Crippen molar-refractivity contribution in [3.63, 3.8) is 0 Å². The van der Waals surface area contributed by atoms with Gasteiger partial charge in [-0.25, -0.2) is 0 Å². The molecule has 92 valence electrons. The van der Waals surface area contributed by atoms with Gasteiger partial charge in [0.05, 0.1) is 4.08 Å². The van der Waals surface area contributed by atoms with Crippen molar-refractivity contribution in [3.05, 3.63) is 0 Å². The second-order valence-corrected chi connectivity index (χ2v) is 11.6. The Morgan fingerprint density at radius 2 is 1.69 bits per heavy atom. The maximum atomic E-state index is 2.42. The fraction of sp³-hybridized carbons (Fsp3) is 1.00. The van der Waals surface area contributed by atoms with Gasteiger partial charge >= 0.3 is 0 Å². The molecule has 0 aromatic rings. The lowest BCUT2D eigenvalue weighted by Gasteiger charge is -2.51. The van der Waals surface area contributed by atoms with Gasteiger partial charge < -0.3 is 0 Å². The van der Waals surface area contributed by atoms with Gasteiger partial charge in [0.1, 0.15) is 0 Å². The monoisotopic (exact) mass is 292 g/mol. The van der Waals surface area contributed by atoms with Crippen molar-refractivity contribution in [1.82, 2.24) is 0 Å². The number of rotatable bonds is 0. The van der Waals surface area contributed by atoms with Crippen molar-refractivity contribution >= 4 is 47.0 Å². The largest absolute Gasteiger partial charge is 0.155 e. The third-order valence-electron chi connectivity index (χ3n) is 3.73. The van der Waals surface area contributed by atoms with E-state index in [1.54, 1.807) is 0 Å². The molecule has 4 fully saturated rings. The van der Waals surface area contributed by atoms with Crippen LogP contribution in [0.15, 0.2) is 0 Å². The summed E-state index contributed by atoms with van der Waals surface area (Å²) in [5.41, 5.74) is 0. The summed E-state index contributed by atoms with van der Waals surface area (Å²) in [6, 6.07) is 0. The zero-order chi connectivity index (χ0) is 11.2. The number of fused-ring (bicyclic) bond motifs is 4. The fourth-order valence-corrected chi connectivity index (χ4v) is 10.1. The van der Waals surface area contributed by atoms with Gasteiger partial charge in [0.25, 0.3) is 0 Å². The van der Waals surface area contributed by atoms with Crippen molar-refractivity contribution in [2.24, 2.45) is 0 Å². The molecule has 1 aliphatic carbocycles. The Morgan fingerprint density at radius 1 is 1.00 bits per heavy atom. The Labute approximate surface area is 116 Å². The smallest absolute Gasteiger partial charge is 0.0730 e. The summed E-state index contributed by atoms with van der Waals surface area (Å²) >= 11 is 9.16. The van der Waals surface area contributed by atoms with E-state index in [0.29, 0.717) is 4.08 Å². The Morgan fingerprint density at radius 3 is 2.44 bits per heavy atom. The highest BCUT2D eigenvalue weighted by Crippen LogP contribution is 2.60. The third-order valence-corrected chi connectivity index (χ3v) is 11.4. The molecule has 1 saturated carbocycles. The zero-order valence-electron chi connectivity index (χ0n) is 9.98. The van der Waals surface area contributed by atoms with Gasteiger partial charge in [0, 0.05) is 32.5 Å². The summed E-state index contributed by atoms with van der Waals surface area (Å²) in [6.45, 7) is 4.84. The van der Waals surface area contributed by atoms with E-state index >= 15 is 0 Å². The molecule has 0 amide bonds. The summed E-state index contributed by atoms with van der Waals surface area (Å²) in [5, 5.41) is 3.65. The van der Waals surface area contributed by atoms with Gasteiger partial charge in [0.15, 0.2) is 0 Å². The lowest BCUT2D eigenvalue weighted by molar-refractivity contribution is 0.506. The lowest BCUT2D eigenvalue weighted by Crippen LogP contribution is -2.47. The molecule has 2 bridgehead atoms. The van der Waals surface area contributed by atoms with Gasteiger partial charge in [-0.15, -0.1) is 23.5 Å². The SMILES string of the molecule is CC1CSC23CCC(CC2SC(C)CS3)S1. The van der Waals surface area contributed by atoms with E-state index in [2.05, 4.69) is 60.9 Å². The van der Waals surface area contributed by atoms with Crippen molar-refractivity contribution < 1.29 is 0 Å². The number of hydrogen-bond acceptors (Lipinski definition) is 4. The molecule has 0 N–H and O–H groups in total. The molecule has 4 heteroatoms. The highest BCUT2D eigenvalue weighted by Gasteiger charge is 2.49. The van der Waals surface area contributed by atoms with Gasteiger partial charge in [-0.2, -0.15) is 23.5 Å². The average Bonchev–Trinajstić information content (AvgIpc) is 2.24. The summed E-state index contributed by atoms with van der Waals surface area (Å²) in [4.78, 5) is 0. The van der Waals surface area contributed by atoms with Crippen LogP contribution >= 0.6 is 47.0 Å². The molecule has 4 rings (SSSR count). The van der Waals surface area contributed by atoms with Crippen LogP contribution < -0.4 is 0 Å². The second kappa shape index (κ2) is 4.82. The van der Waals surface area contributed by atoms with Crippen molar-refractivity contribution in [3.8, 4) is 0 Å². The molecule has 5 atom stereocenters. The molecule has 4 aliphatic rings. The number of hydrogen-bond donors (Lipinski definition) is 0. The van der Waals surface area contributed by atoms with Crippen LogP contribution in [0.4, 0.5) is 0 Å². The zero-order valence-corrected chi connectivity index (χ0v) is 13.2. The Kier molecular flexibility index (Phi) is 3.75. The minimum absolute atomic E-state index is 0.600. The first-order chi connectivity index (χ1) is 7.68. The van der Waals surface area contributed by atoms with E-state index < -0.39 is 0 Å². The molecule has 3 aliphatic heterocycles. The highest BCUT2D eigenvalue weighted by atomic mass is 32.2. The fourth-order valence-electron chi connectivity index (χ4n) is 2.92. The summed E-state index contributed by atoms with van der Waals surface area (Å²) in [7, 11) is 0. The molecule has 1 spiro atoms. The van der Waals surface area contributed by atoms with E-state index in [1.807, 2.05) is 0 Å². The third kappa shape index (κ3) is 2.28. The van der Waals surface area contributed by atoms with Gasteiger partial charge in [-0.05, 0) is 19.3 Å². The van der Waals surface area contributed by atoms with E-state index in [9.17, 15) is 0 Å². The van der Waals surface area contributed by atoms with Gasteiger partial charge in [-0.1, -0.05) is 13.8 Å². The molecular formula is C12H20S4. The van der Waals surface area contributed by atoms with Crippen LogP contribution in [-0.2, 0) is 0 Å². The lowest BCUT2D eigenvalue weighted by atomic mass is 9.98. The number of thioether (sulfide) groups is 4. The molecule has 5 unspecified atom stereocenters. The highest BCUT2D eigenvalue weighted by molar-refractivity contribution is 8.21. The van der Waals surface area contributed by atoms with E-state index in [4.69, 9.17) is 0 Å².